The van der Waals surface area contributed by atoms with Gasteiger partial charge in [-0.2, -0.15) is 26.3 Å². The molecule has 1 heterocycles. The van der Waals surface area contributed by atoms with Crippen LogP contribution in [0.1, 0.15) is 30.4 Å². The second kappa shape index (κ2) is 12.0. The van der Waals surface area contributed by atoms with E-state index < -0.39 is 69.4 Å². The highest BCUT2D eigenvalue weighted by atomic mass is 32.2. The zero-order valence-corrected chi connectivity index (χ0v) is 22.6. The van der Waals surface area contributed by atoms with Crippen LogP contribution in [0.25, 0.3) is 5.57 Å². The molecule has 41 heavy (non-hydrogen) atoms. The van der Waals surface area contributed by atoms with Gasteiger partial charge in [0.2, 0.25) is 5.91 Å². The molecule has 1 atom stereocenters. The largest absolute Gasteiger partial charge is 0.497 e. The van der Waals surface area contributed by atoms with E-state index in [2.05, 4.69) is 5.32 Å². The minimum Gasteiger partial charge on any atom is -0.497 e. The first-order chi connectivity index (χ1) is 18.9. The second-order valence-corrected chi connectivity index (χ2v) is 11.5. The number of alkyl halides is 6. The second-order valence-electron chi connectivity index (χ2n) is 9.33. The first kappa shape index (κ1) is 31.8. The quantitative estimate of drug-likeness (QED) is 0.308. The van der Waals surface area contributed by atoms with E-state index >= 15 is 0 Å². The molecule has 1 aliphatic heterocycles. The summed E-state index contributed by atoms with van der Waals surface area (Å²) >= 11 is 0. The Bertz CT molecular complexity index is 1400. The van der Waals surface area contributed by atoms with Crippen LogP contribution < -0.4 is 20.1 Å². The monoisotopic (exact) mass is 608 g/mol. The number of carbonyl (C=O) groups is 2. The first-order valence-electron chi connectivity index (χ1n) is 12.0. The number of halogens is 6. The number of sulfone groups is 1. The maximum atomic E-state index is 14.8. The van der Waals surface area contributed by atoms with Crippen LogP contribution in [0.3, 0.4) is 0 Å². The molecule has 0 saturated carbocycles. The Morgan fingerprint density at radius 1 is 1.00 bits per heavy atom. The number of amides is 2. The van der Waals surface area contributed by atoms with Crippen molar-refractivity contribution in [2.24, 2.45) is 0 Å². The van der Waals surface area contributed by atoms with Crippen LogP contribution in [0, 0.1) is 0 Å². The number of hydrogen-bond donors (Lipinski definition) is 2. The third kappa shape index (κ3) is 8.15. The average Bonchev–Trinajstić information content (AvgIpc) is 2.86. The Kier molecular flexibility index (Phi) is 9.30. The summed E-state index contributed by atoms with van der Waals surface area (Å²) in [6.45, 7) is -0.319. The topological polar surface area (TPSA) is 111 Å². The van der Waals surface area contributed by atoms with E-state index in [0.29, 0.717) is 5.75 Å². The minimum atomic E-state index is -5.07. The van der Waals surface area contributed by atoms with Gasteiger partial charge in [-0.25, -0.2) is 8.42 Å². The lowest BCUT2D eigenvalue weighted by molar-refractivity contribution is -0.201. The maximum absolute atomic E-state index is 14.8. The SMILES string of the molecule is COc1ccc(C2=C(NC(=O)CS(C)(=O)=O)C(=O)NC(c3ccc(OCCCC(F)(F)F)cc3)(C(F)(F)F)C2)cc1. The average molecular weight is 609 g/mol. The van der Waals surface area contributed by atoms with E-state index in [4.69, 9.17) is 9.47 Å². The molecule has 2 aromatic rings. The normalized spacial score (nSPS) is 18.1. The Labute approximate surface area is 231 Å². The minimum absolute atomic E-state index is 0.0232. The van der Waals surface area contributed by atoms with Crippen molar-refractivity contribution in [3.63, 3.8) is 0 Å². The van der Waals surface area contributed by atoms with E-state index in [1.165, 1.54) is 31.4 Å². The Hall–Kier alpha value is -3.75. The zero-order valence-electron chi connectivity index (χ0n) is 21.8. The number of ether oxygens (including phenoxy) is 2. The molecule has 0 spiro atoms. The van der Waals surface area contributed by atoms with Crippen LogP contribution in [0.4, 0.5) is 26.3 Å². The van der Waals surface area contributed by atoms with E-state index in [9.17, 15) is 44.3 Å². The molecule has 0 fully saturated rings. The van der Waals surface area contributed by atoms with E-state index in [1.54, 1.807) is 0 Å². The molecule has 0 aliphatic carbocycles. The van der Waals surface area contributed by atoms with E-state index in [1.807, 2.05) is 5.32 Å². The van der Waals surface area contributed by atoms with Crippen molar-refractivity contribution in [3.05, 3.63) is 65.4 Å². The smallest absolute Gasteiger partial charge is 0.416 e. The predicted molar refractivity (Wildman–Crippen MR) is 135 cm³/mol. The summed E-state index contributed by atoms with van der Waals surface area (Å²) in [4.78, 5) is 25.5. The lowest BCUT2D eigenvalue weighted by Crippen LogP contribution is -2.60. The first-order valence-corrected chi connectivity index (χ1v) is 14.0. The van der Waals surface area contributed by atoms with Crippen molar-refractivity contribution >= 4 is 27.2 Å². The number of rotatable bonds is 10. The molecule has 0 radical (unpaired) electrons. The Balaban J connectivity index is 2.02. The highest BCUT2D eigenvalue weighted by Crippen LogP contribution is 2.48. The molecule has 2 amide bonds. The number of nitrogens with one attached hydrogen (secondary N) is 2. The molecule has 1 aliphatic rings. The van der Waals surface area contributed by atoms with Gasteiger partial charge in [0.05, 0.1) is 13.7 Å². The van der Waals surface area contributed by atoms with Crippen LogP contribution >= 0.6 is 0 Å². The summed E-state index contributed by atoms with van der Waals surface area (Å²) in [5.41, 5.74) is -4.03. The van der Waals surface area contributed by atoms with Gasteiger partial charge in [-0.1, -0.05) is 24.3 Å². The summed E-state index contributed by atoms with van der Waals surface area (Å²) in [6, 6.07) is 9.99. The maximum Gasteiger partial charge on any atom is 0.416 e. The number of carbonyl (C=O) groups excluding carboxylic acids is 2. The van der Waals surface area contributed by atoms with Crippen molar-refractivity contribution in [2.45, 2.75) is 37.2 Å². The van der Waals surface area contributed by atoms with Gasteiger partial charge in [0.15, 0.2) is 15.4 Å². The van der Waals surface area contributed by atoms with Gasteiger partial charge in [-0.05, 0) is 47.4 Å². The van der Waals surface area contributed by atoms with Crippen molar-refractivity contribution in [3.8, 4) is 11.5 Å². The van der Waals surface area contributed by atoms with Crippen LogP contribution in [-0.4, -0.2) is 58.3 Å². The molecular formula is C26H26F6N2O6S. The highest BCUT2D eigenvalue weighted by Gasteiger charge is 2.59. The number of benzene rings is 2. The van der Waals surface area contributed by atoms with Crippen molar-refractivity contribution in [2.75, 3.05) is 25.7 Å². The Morgan fingerprint density at radius 3 is 2.10 bits per heavy atom. The summed E-state index contributed by atoms with van der Waals surface area (Å²) < 4.78 is 115. The van der Waals surface area contributed by atoms with Crippen LogP contribution in [-0.2, 0) is 25.0 Å². The fraction of sp³-hybridized carbons (Fsp3) is 0.385. The summed E-state index contributed by atoms with van der Waals surface area (Å²) in [6.07, 6.45) is -11.0. The van der Waals surface area contributed by atoms with Crippen LogP contribution in [0.5, 0.6) is 11.5 Å². The van der Waals surface area contributed by atoms with Crippen LogP contribution in [0.15, 0.2) is 54.2 Å². The number of methoxy groups -OCH3 is 1. The van der Waals surface area contributed by atoms with Gasteiger partial charge >= 0.3 is 12.4 Å². The highest BCUT2D eigenvalue weighted by molar-refractivity contribution is 7.91. The summed E-state index contributed by atoms with van der Waals surface area (Å²) in [7, 11) is -2.45. The van der Waals surface area contributed by atoms with Gasteiger partial charge in [0, 0.05) is 19.1 Å². The van der Waals surface area contributed by atoms with E-state index in [0.717, 1.165) is 30.5 Å². The fourth-order valence-corrected chi connectivity index (χ4v) is 4.73. The molecule has 1 unspecified atom stereocenters. The molecule has 15 heteroatoms. The lowest BCUT2D eigenvalue weighted by Gasteiger charge is -2.41. The molecule has 8 nitrogen and oxygen atoms in total. The molecular weight excluding hydrogens is 582 g/mol. The summed E-state index contributed by atoms with van der Waals surface area (Å²) in [5.74, 6) is -3.04. The third-order valence-corrected chi connectivity index (χ3v) is 6.88. The number of hydrogen-bond acceptors (Lipinski definition) is 6. The molecule has 2 aromatic carbocycles. The van der Waals surface area contributed by atoms with Gasteiger partial charge in [-0.15, -0.1) is 0 Å². The zero-order chi connectivity index (χ0) is 30.6. The van der Waals surface area contributed by atoms with Gasteiger partial charge < -0.3 is 20.1 Å². The molecule has 0 bridgehead atoms. The summed E-state index contributed by atoms with van der Waals surface area (Å²) in [5, 5.41) is 4.08. The molecule has 2 N–H and O–H groups in total. The van der Waals surface area contributed by atoms with Crippen molar-refractivity contribution in [1.29, 1.82) is 0 Å². The van der Waals surface area contributed by atoms with Crippen LogP contribution in [0.2, 0.25) is 0 Å². The predicted octanol–water partition coefficient (Wildman–Crippen LogP) is 4.27. The molecule has 0 aromatic heterocycles. The van der Waals surface area contributed by atoms with Crippen molar-refractivity contribution < 1.29 is 53.8 Å². The standard InChI is InChI=1S/C26H26F6N2O6S/c1-39-18-8-4-16(5-9-18)20-14-24(26(30,31)32,34-23(36)22(20)33-21(35)15-41(2,37)38)17-6-10-19(11-7-17)40-13-3-12-25(27,28)29/h4-11H,3,12-15H2,1-2H3,(H,33,35)(H,34,36). The third-order valence-electron chi connectivity index (χ3n) is 6.10. The Morgan fingerprint density at radius 2 is 1.59 bits per heavy atom. The van der Waals surface area contributed by atoms with Crippen molar-refractivity contribution in [1.82, 2.24) is 10.6 Å². The molecule has 3 rings (SSSR count). The van der Waals surface area contributed by atoms with Gasteiger partial charge in [0.25, 0.3) is 5.91 Å². The van der Waals surface area contributed by atoms with Gasteiger partial charge in [-0.3, -0.25) is 9.59 Å². The lowest BCUT2D eigenvalue weighted by atomic mass is 9.77. The molecule has 224 valence electrons. The molecule has 0 saturated heterocycles. The van der Waals surface area contributed by atoms with Gasteiger partial charge in [0.1, 0.15) is 22.9 Å². The fourth-order valence-electron chi connectivity index (χ4n) is 4.18. The van der Waals surface area contributed by atoms with E-state index in [-0.39, 0.29) is 29.9 Å².